The number of ketones is 1. The second-order valence-corrected chi connectivity index (χ2v) is 10.3. The molecule has 5 nitrogen and oxygen atoms in total. The molecule has 3 atom stereocenters. The highest BCUT2D eigenvalue weighted by atomic mass is 16.5. The number of anilines is 1. The van der Waals surface area contributed by atoms with E-state index < -0.39 is 12.0 Å². The number of nitrogens with two attached hydrogens (primary N) is 1. The minimum Gasteiger partial charge on any atom is -0.508 e. The predicted molar refractivity (Wildman–Crippen MR) is 146 cm³/mol. The summed E-state index contributed by atoms with van der Waals surface area (Å²) in [5, 5.41) is 10.2. The zero-order valence-electron chi connectivity index (χ0n) is 20.8. The van der Waals surface area contributed by atoms with Gasteiger partial charge in [0.25, 0.3) is 0 Å². The van der Waals surface area contributed by atoms with Gasteiger partial charge in [0.15, 0.2) is 5.78 Å². The number of aromatic hydroxyl groups is 1. The zero-order valence-corrected chi connectivity index (χ0v) is 20.8. The topological polar surface area (TPSA) is 81.8 Å². The van der Waals surface area contributed by atoms with Gasteiger partial charge in [-0.1, -0.05) is 66.2 Å². The van der Waals surface area contributed by atoms with E-state index in [2.05, 4.69) is 6.07 Å². The van der Waals surface area contributed by atoms with E-state index in [-0.39, 0.29) is 17.6 Å². The van der Waals surface area contributed by atoms with Crippen LogP contribution in [0.3, 0.4) is 0 Å². The van der Waals surface area contributed by atoms with Gasteiger partial charge in [0, 0.05) is 29.3 Å². The number of phenols is 1. The van der Waals surface area contributed by atoms with Crippen LogP contribution in [0.1, 0.15) is 70.0 Å². The van der Waals surface area contributed by atoms with Gasteiger partial charge in [0.05, 0.1) is 11.5 Å². The number of hydrogen-bond acceptors (Lipinski definition) is 5. The van der Waals surface area contributed by atoms with E-state index >= 15 is 0 Å². The quantitative estimate of drug-likeness (QED) is 0.292. The highest BCUT2D eigenvalue weighted by molar-refractivity contribution is 6.05. The van der Waals surface area contributed by atoms with E-state index in [0.717, 1.165) is 35.1 Å². The highest BCUT2D eigenvalue weighted by Crippen LogP contribution is 2.53. The van der Waals surface area contributed by atoms with Gasteiger partial charge in [-0.3, -0.25) is 4.79 Å². The number of para-hydroxylation sites is 2. The van der Waals surface area contributed by atoms with Crippen LogP contribution in [-0.4, -0.2) is 10.9 Å². The van der Waals surface area contributed by atoms with Gasteiger partial charge >= 0.3 is 0 Å². The van der Waals surface area contributed by atoms with Crippen molar-refractivity contribution >= 4 is 17.0 Å². The molecule has 4 aromatic rings. The van der Waals surface area contributed by atoms with Crippen molar-refractivity contribution in [2.75, 3.05) is 5.73 Å². The fourth-order valence-corrected chi connectivity index (χ4v) is 5.87. The number of carbonyl (C=O) groups excluding carboxylic acids is 1. The van der Waals surface area contributed by atoms with Gasteiger partial charge in [-0.2, -0.15) is 0 Å². The van der Waals surface area contributed by atoms with Crippen LogP contribution in [0.15, 0.2) is 96.6 Å². The summed E-state index contributed by atoms with van der Waals surface area (Å²) < 4.78 is 13.3. The number of nitrogen functional groups attached to an aromatic ring is 1. The van der Waals surface area contributed by atoms with Crippen LogP contribution in [0.25, 0.3) is 5.57 Å². The monoisotopic (exact) mass is 501 g/mol. The minimum absolute atomic E-state index is 0.0158. The lowest BCUT2D eigenvalue weighted by Crippen LogP contribution is -2.31. The van der Waals surface area contributed by atoms with E-state index in [0.29, 0.717) is 29.2 Å². The molecule has 188 valence electrons. The minimum atomic E-state index is -0.583. The fraction of sp³-hybridized carbons (Fsp3) is 0.182. The number of carbonyl (C=O) groups is 1. The Kier molecular flexibility index (Phi) is 5.25. The van der Waals surface area contributed by atoms with Crippen LogP contribution in [0.5, 0.6) is 17.2 Å². The van der Waals surface area contributed by atoms with Crippen molar-refractivity contribution in [3.8, 4) is 17.2 Å². The molecule has 1 fully saturated rings. The van der Waals surface area contributed by atoms with Crippen LogP contribution in [-0.2, 0) is 0 Å². The Morgan fingerprint density at radius 1 is 0.789 bits per heavy atom. The molecular formula is C33H27NO4. The Bertz CT molecular complexity index is 1580. The maximum absolute atomic E-state index is 14.2. The molecule has 3 unspecified atom stereocenters. The van der Waals surface area contributed by atoms with Gasteiger partial charge in [0.1, 0.15) is 29.5 Å². The first-order chi connectivity index (χ1) is 18.6. The average molecular weight is 502 g/mol. The van der Waals surface area contributed by atoms with Crippen LogP contribution >= 0.6 is 0 Å². The normalized spacial score (nSPS) is 21.7. The fourth-order valence-electron chi connectivity index (χ4n) is 5.87. The third kappa shape index (κ3) is 3.82. The number of phenolic OH excluding ortho intramolecular Hbond substituents is 1. The predicted octanol–water partition coefficient (Wildman–Crippen LogP) is 7.15. The largest absolute Gasteiger partial charge is 0.508 e. The number of ether oxygens (including phenoxy) is 2. The molecule has 3 N–H and O–H groups in total. The van der Waals surface area contributed by atoms with Crippen LogP contribution < -0.4 is 15.2 Å². The molecule has 4 aromatic carbocycles. The molecule has 3 aliphatic rings. The lowest BCUT2D eigenvalue weighted by molar-refractivity contribution is 0.0772. The van der Waals surface area contributed by atoms with Crippen molar-refractivity contribution < 1.29 is 19.4 Å². The summed E-state index contributed by atoms with van der Waals surface area (Å²) in [5.74, 6) is 0.854. The van der Waals surface area contributed by atoms with E-state index in [9.17, 15) is 9.90 Å². The van der Waals surface area contributed by atoms with Crippen LogP contribution in [0.4, 0.5) is 5.69 Å². The second kappa shape index (κ2) is 8.80. The van der Waals surface area contributed by atoms with Gasteiger partial charge in [0.2, 0.25) is 0 Å². The Morgan fingerprint density at radius 3 is 2.34 bits per heavy atom. The number of hydrogen-bond donors (Lipinski definition) is 2. The third-order valence-corrected chi connectivity index (χ3v) is 7.74. The maximum atomic E-state index is 14.2. The number of rotatable bonds is 3. The SMILES string of the molecule is Nc1cc(O)cc(C2CC(=C3CC3)c3cccc(C4C(=O)c5ccccc5OC4c4ccccc4)c3O2)c1. The Morgan fingerprint density at radius 2 is 1.55 bits per heavy atom. The molecule has 38 heavy (non-hydrogen) atoms. The maximum Gasteiger partial charge on any atom is 0.178 e. The van der Waals surface area contributed by atoms with E-state index in [1.807, 2.05) is 72.8 Å². The zero-order chi connectivity index (χ0) is 25.8. The average Bonchev–Trinajstić information content (AvgIpc) is 3.78. The molecule has 7 rings (SSSR count). The molecular weight excluding hydrogens is 474 g/mol. The Labute approximate surface area is 221 Å². The molecule has 0 amide bonds. The molecule has 2 heterocycles. The lowest BCUT2D eigenvalue weighted by Gasteiger charge is -2.36. The van der Waals surface area contributed by atoms with Crippen LogP contribution in [0, 0.1) is 0 Å². The van der Waals surface area contributed by atoms with Gasteiger partial charge in [-0.05, 0) is 53.8 Å². The molecule has 0 saturated heterocycles. The third-order valence-electron chi connectivity index (χ3n) is 7.74. The number of fused-ring (bicyclic) bond motifs is 2. The number of benzene rings is 4. The molecule has 0 spiro atoms. The number of Topliss-reactive ketones (excluding diaryl/α,β-unsaturated/α-hetero) is 1. The molecule has 1 saturated carbocycles. The standard InChI is InChI=1S/C33H27NO4/c34-22-15-21(16-23(35)17-22)29-18-27(19-13-14-19)24-10-6-11-26(33(24)38-29)30-31(36)25-9-4-5-12-28(25)37-32(30)20-7-2-1-3-8-20/h1-12,15-17,29-30,32,35H,13-14,18,34H2. The first kappa shape index (κ1) is 22.7. The van der Waals surface area contributed by atoms with E-state index in [1.54, 1.807) is 6.07 Å². The molecule has 0 radical (unpaired) electrons. The summed E-state index contributed by atoms with van der Waals surface area (Å²) in [6.45, 7) is 0. The van der Waals surface area contributed by atoms with E-state index in [1.165, 1.54) is 17.2 Å². The molecule has 0 bridgehead atoms. The van der Waals surface area contributed by atoms with E-state index in [4.69, 9.17) is 15.2 Å². The second-order valence-electron chi connectivity index (χ2n) is 10.3. The summed E-state index contributed by atoms with van der Waals surface area (Å²) in [6, 6.07) is 28.5. The Hall–Kier alpha value is -4.51. The van der Waals surface area contributed by atoms with Crippen molar-refractivity contribution in [2.45, 2.75) is 37.4 Å². The van der Waals surface area contributed by atoms with Gasteiger partial charge in [-0.25, -0.2) is 0 Å². The first-order valence-electron chi connectivity index (χ1n) is 13.0. The summed E-state index contributed by atoms with van der Waals surface area (Å²) in [7, 11) is 0. The van der Waals surface area contributed by atoms with Gasteiger partial charge in [-0.15, -0.1) is 0 Å². The molecule has 1 aliphatic carbocycles. The van der Waals surface area contributed by atoms with Crippen molar-refractivity contribution in [3.63, 3.8) is 0 Å². The van der Waals surface area contributed by atoms with Crippen molar-refractivity contribution in [1.82, 2.24) is 0 Å². The van der Waals surface area contributed by atoms with Gasteiger partial charge < -0.3 is 20.3 Å². The van der Waals surface area contributed by atoms with Crippen molar-refractivity contribution in [2.24, 2.45) is 0 Å². The molecule has 2 aliphatic heterocycles. The number of allylic oxidation sites excluding steroid dienone is 1. The highest BCUT2D eigenvalue weighted by Gasteiger charge is 2.42. The summed E-state index contributed by atoms with van der Waals surface area (Å²) >= 11 is 0. The molecule has 5 heteroatoms. The first-order valence-corrected chi connectivity index (χ1v) is 13.0. The van der Waals surface area contributed by atoms with Crippen molar-refractivity contribution in [3.05, 3.63) is 124 Å². The molecule has 0 aromatic heterocycles. The lowest BCUT2D eigenvalue weighted by atomic mass is 9.78. The van der Waals surface area contributed by atoms with Crippen LogP contribution in [0.2, 0.25) is 0 Å². The summed E-state index contributed by atoms with van der Waals surface area (Å²) in [4.78, 5) is 14.2. The summed E-state index contributed by atoms with van der Waals surface area (Å²) in [6.07, 6.45) is 2.00. The summed E-state index contributed by atoms with van der Waals surface area (Å²) in [5.41, 5.74) is 13.4. The van der Waals surface area contributed by atoms with Crippen molar-refractivity contribution in [1.29, 1.82) is 0 Å². The smallest absolute Gasteiger partial charge is 0.178 e. The Balaban J connectivity index is 1.40.